The predicted octanol–water partition coefficient (Wildman–Crippen LogP) is 3.47. The molecular weight excluding hydrogens is 378 g/mol. The van der Waals surface area contributed by atoms with E-state index in [0.29, 0.717) is 19.1 Å². The Morgan fingerprint density at radius 1 is 1.17 bits per heavy atom. The summed E-state index contributed by atoms with van der Waals surface area (Å²) < 4.78 is 17.3. The predicted molar refractivity (Wildman–Crippen MR) is 120 cm³/mol. The highest BCUT2D eigenvalue weighted by Crippen LogP contribution is 2.44. The van der Waals surface area contributed by atoms with Crippen molar-refractivity contribution in [2.24, 2.45) is 5.73 Å². The molecule has 2 aliphatic heterocycles. The van der Waals surface area contributed by atoms with Crippen molar-refractivity contribution in [1.82, 2.24) is 4.90 Å². The minimum Gasteiger partial charge on any atom is -0.497 e. The Balaban J connectivity index is 1.54. The molecule has 0 atom stereocenters. The van der Waals surface area contributed by atoms with E-state index in [1.807, 2.05) is 6.07 Å². The smallest absolute Gasteiger partial charge is 0.159 e. The molecule has 30 heavy (non-hydrogen) atoms. The fourth-order valence-electron chi connectivity index (χ4n) is 4.43. The summed E-state index contributed by atoms with van der Waals surface area (Å²) >= 11 is 0. The zero-order valence-electron chi connectivity index (χ0n) is 18.3. The van der Waals surface area contributed by atoms with Crippen LogP contribution in [0.5, 0.6) is 0 Å². The fourth-order valence-corrected chi connectivity index (χ4v) is 4.43. The number of benzene rings is 1. The quantitative estimate of drug-likeness (QED) is 0.694. The standard InChI is InChI=1S/C24H33N3O3/c1-17(2)27-20-8-5-4-7-18(20)24(25)19-15-22(28-3)23(16-21(19)27)30-12-6-9-26-10-13-29-14-11-26/h4-5,7-8,16-17H,6,9-15,25H2,1-3H3. The summed E-state index contributed by atoms with van der Waals surface area (Å²) in [5, 5.41) is 0. The minimum absolute atomic E-state index is 0.298. The van der Waals surface area contributed by atoms with Crippen LogP contribution in [0.2, 0.25) is 0 Å². The molecule has 0 saturated carbocycles. The molecule has 1 aromatic carbocycles. The third-order valence-corrected chi connectivity index (χ3v) is 5.97. The Bertz CT molecular complexity index is 866. The third-order valence-electron chi connectivity index (χ3n) is 5.97. The molecule has 4 rings (SSSR count). The Hall–Kier alpha value is -2.44. The van der Waals surface area contributed by atoms with Crippen molar-refractivity contribution in [1.29, 1.82) is 0 Å². The van der Waals surface area contributed by atoms with Crippen LogP contribution >= 0.6 is 0 Å². The molecule has 6 heteroatoms. The Morgan fingerprint density at radius 2 is 1.93 bits per heavy atom. The van der Waals surface area contributed by atoms with E-state index in [1.165, 1.54) is 0 Å². The average Bonchev–Trinajstić information content (AvgIpc) is 2.77. The highest BCUT2D eigenvalue weighted by Gasteiger charge is 2.33. The number of nitrogens with zero attached hydrogens (tertiary/aromatic N) is 2. The number of hydrogen-bond donors (Lipinski definition) is 1. The second-order valence-corrected chi connectivity index (χ2v) is 8.23. The summed E-state index contributed by atoms with van der Waals surface area (Å²) in [6.45, 7) is 9.77. The van der Waals surface area contributed by atoms with E-state index >= 15 is 0 Å². The van der Waals surface area contributed by atoms with Gasteiger partial charge in [-0.3, -0.25) is 4.90 Å². The van der Waals surface area contributed by atoms with E-state index < -0.39 is 0 Å². The van der Waals surface area contributed by atoms with Gasteiger partial charge in [0.15, 0.2) is 5.76 Å². The van der Waals surface area contributed by atoms with Crippen LogP contribution in [0.25, 0.3) is 5.70 Å². The van der Waals surface area contributed by atoms with Crippen molar-refractivity contribution in [3.8, 4) is 0 Å². The number of ether oxygens (including phenoxy) is 3. The van der Waals surface area contributed by atoms with Crippen LogP contribution in [-0.4, -0.2) is 57.5 Å². The Labute approximate surface area is 179 Å². The van der Waals surface area contributed by atoms with Crippen molar-refractivity contribution >= 4 is 11.4 Å². The molecular formula is C24H33N3O3. The van der Waals surface area contributed by atoms with Crippen LogP contribution in [0.1, 0.15) is 32.3 Å². The molecule has 0 spiro atoms. The van der Waals surface area contributed by atoms with Crippen LogP contribution in [0.3, 0.4) is 0 Å². The van der Waals surface area contributed by atoms with Gasteiger partial charge in [-0.2, -0.15) is 0 Å². The van der Waals surface area contributed by atoms with Crippen molar-refractivity contribution in [2.75, 3.05) is 51.5 Å². The first-order valence-electron chi connectivity index (χ1n) is 10.9. The lowest BCUT2D eigenvalue weighted by Gasteiger charge is -2.40. The first-order chi connectivity index (χ1) is 14.6. The second kappa shape index (κ2) is 9.14. The van der Waals surface area contributed by atoms with Crippen LogP contribution in [0, 0.1) is 0 Å². The van der Waals surface area contributed by atoms with Crippen LogP contribution in [-0.2, 0) is 14.2 Å². The van der Waals surface area contributed by atoms with Crippen molar-refractivity contribution in [3.05, 3.63) is 58.7 Å². The van der Waals surface area contributed by atoms with Crippen LogP contribution in [0.4, 0.5) is 5.69 Å². The zero-order valence-corrected chi connectivity index (χ0v) is 18.3. The highest BCUT2D eigenvalue weighted by atomic mass is 16.5. The molecule has 2 heterocycles. The summed E-state index contributed by atoms with van der Waals surface area (Å²) in [4.78, 5) is 4.78. The van der Waals surface area contributed by atoms with Crippen molar-refractivity contribution < 1.29 is 14.2 Å². The summed E-state index contributed by atoms with van der Waals surface area (Å²) in [6.07, 6.45) is 3.73. The fraction of sp³-hybridized carbons (Fsp3) is 0.500. The van der Waals surface area contributed by atoms with Gasteiger partial charge < -0.3 is 24.8 Å². The number of nitrogens with two attached hydrogens (primary N) is 1. The molecule has 2 N–H and O–H groups in total. The number of methoxy groups -OCH3 is 1. The number of anilines is 1. The lowest BCUT2D eigenvalue weighted by molar-refractivity contribution is 0.0343. The SMILES string of the molecule is COC1=C(OCCCN2CCOCC2)C=C2C(=C(N)c3ccccc3N2C(C)C)C1. The lowest BCUT2D eigenvalue weighted by atomic mass is 9.89. The van der Waals surface area contributed by atoms with Gasteiger partial charge >= 0.3 is 0 Å². The summed E-state index contributed by atoms with van der Waals surface area (Å²) in [5.74, 6) is 1.65. The van der Waals surface area contributed by atoms with Gasteiger partial charge in [0.25, 0.3) is 0 Å². The van der Waals surface area contributed by atoms with Crippen molar-refractivity contribution in [3.63, 3.8) is 0 Å². The second-order valence-electron chi connectivity index (χ2n) is 8.23. The summed E-state index contributed by atoms with van der Waals surface area (Å²) in [5.41, 5.74) is 11.9. The van der Waals surface area contributed by atoms with Gasteiger partial charge in [-0.25, -0.2) is 0 Å². The lowest BCUT2D eigenvalue weighted by Crippen LogP contribution is -2.37. The maximum absolute atomic E-state index is 6.61. The van der Waals surface area contributed by atoms with E-state index in [2.05, 4.69) is 47.9 Å². The Morgan fingerprint density at radius 3 is 2.67 bits per heavy atom. The number of fused-ring (bicyclic) bond motifs is 2. The molecule has 162 valence electrons. The van der Waals surface area contributed by atoms with Gasteiger partial charge in [-0.15, -0.1) is 0 Å². The molecule has 1 saturated heterocycles. The molecule has 0 amide bonds. The van der Waals surface area contributed by atoms with E-state index in [0.717, 1.165) is 79.0 Å². The van der Waals surface area contributed by atoms with E-state index in [1.54, 1.807) is 7.11 Å². The van der Waals surface area contributed by atoms with Gasteiger partial charge in [0.05, 0.1) is 38.3 Å². The number of para-hydroxylation sites is 1. The summed E-state index contributed by atoms with van der Waals surface area (Å²) in [6, 6.07) is 8.64. The highest BCUT2D eigenvalue weighted by molar-refractivity contribution is 5.87. The maximum Gasteiger partial charge on any atom is 0.159 e. The Kier molecular flexibility index (Phi) is 6.35. The van der Waals surface area contributed by atoms with Crippen LogP contribution in [0.15, 0.2) is 53.1 Å². The molecule has 1 aliphatic carbocycles. The first kappa shape index (κ1) is 20.8. The molecule has 1 fully saturated rings. The van der Waals surface area contributed by atoms with Gasteiger partial charge in [0, 0.05) is 55.0 Å². The third kappa shape index (κ3) is 4.07. The minimum atomic E-state index is 0.298. The average molecular weight is 412 g/mol. The van der Waals surface area contributed by atoms with Gasteiger partial charge in [-0.05, 0) is 26.3 Å². The van der Waals surface area contributed by atoms with Gasteiger partial charge in [0.2, 0.25) is 0 Å². The normalized spacial score (nSPS) is 19.6. The van der Waals surface area contributed by atoms with E-state index in [4.69, 9.17) is 19.9 Å². The largest absolute Gasteiger partial charge is 0.497 e. The zero-order chi connectivity index (χ0) is 21.1. The molecule has 0 aromatic heterocycles. The molecule has 0 radical (unpaired) electrons. The van der Waals surface area contributed by atoms with E-state index in [-0.39, 0.29) is 0 Å². The molecule has 0 unspecified atom stereocenters. The van der Waals surface area contributed by atoms with Gasteiger partial charge in [0.1, 0.15) is 5.76 Å². The number of rotatable bonds is 7. The molecule has 0 bridgehead atoms. The molecule has 6 nitrogen and oxygen atoms in total. The first-order valence-corrected chi connectivity index (χ1v) is 10.9. The topological polar surface area (TPSA) is 60.2 Å². The molecule has 1 aromatic rings. The van der Waals surface area contributed by atoms with Crippen molar-refractivity contribution in [2.45, 2.75) is 32.7 Å². The number of morpholine rings is 1. The molecule has 3 aliphatic rings. The summed E-state index contributed by atoms with van der Waals surface area (Å²) in [7, 11) is 1.71. The van der Waals surface area contributed by atoms with Gasteiger partial charge in [-0.1, -0.05) is 18.2 Å². The number of hydrogen-bond acceptors (Lipinski definition) is 6. The van der Waals surface area contributed by atoms with E-state index in [9.17, 15) is 0 Å². The number of allylic oxidation sites excluding steroid dienone is 3. The maximum atomic E-state index is 6.61. The van der Waals surface area contributed by atoms with Crippen LogP contribution < -0.4 is 10.6 Å². The monoisotopic (exact) mass is 411 g/mol.